The highest BCUT2D eigenvalue weighted by atomic mass is 35.5. The SMILES string of the molecule is NC(=O)c1ccccc1NC(=O)CSc1cccc(NC(=O)/C(=C\c2ccccc2Cl)NC(=O)c2ccccc2)c1. The summed E-state index contributed by atoms with van der Waals surface area (Å²) < 4.78 is 0. The van der Waals surface area contributed by atoms with Crippen molar-refractivity contribution in [2.24, 2.45) is 5.73 Å². The van der Waals surface area contributed by atoms with E-state index in [9.17, 15) is 19.2 Å². The summed E-state index contributed by atoms with van der Waals surface area (Å²) in [6, 6.07) is 28.9. The quantitative estimate of drug-likeness (QED) is 0.143. The number of hydrogen-bond donors (Lipinski definition) is 4. The minimum atomic E-state index is -0.639. The van der Waals surface area contributed by atoms with Crippen LogP contribution in [0, 0.1) is 0 Å². The highest BCUT2D eigenvalue weighted by molar-refractivity contribution is 8.00. The van der Waals surface area contributed by atoms with Crippen LogP contribution in [0.15, 0.2) is 114 Å². The molecule has 0 aliphatic carbocycles. The van der Waals surface area contributed by atoms with Crippen molar-refractivity contribution >= 4 is 64.4 Å². The number of nitrogens with one attached hydrogen (secondary N) is 3. The van der Waals surface area contributed by atoms with Crippen molar-refractivity contribution in [2.45, 2.75) is 4.90 Å². The summed E-state index contributed by atoms with van der Waals surface area (Å²) in [5.74, 6) is -1.92. The summed E-state index contributed by atoms with van der Waals surface area (Å²) >= 11 is 7.54. The molecule has 8 nitrogen and oxygen atoms in total. The second kappa shape index (κ2) is 14.0. The Kier molecular flexibility index (Phi) is 9.93. The lowest BCUT2D eigenvalue weighted by Crippen LogP contribution is -2.30. The Morgan fingerprint density at radius 3 is 2.27 bits per heavy atom. The average Bonchev–Trinajstić information content (AvgIpc) is 2.97. The lowest BCUT2D eigenvalue weighted by Gasteiger charge is -2.13. The van der Waals surface area contributed by atoms with Gasteiger partial charge in [-0.15, -0.1) is 11.8 Å². The molecule has 4 aromatic rings. The number of rotatable bonds is 10. The molecule has 4 aromatic carbocycles. The van der Waals surface area contributed by atoms with E-state index in [1.165, 1.54) is 23.9 Å². The number of primary amides is 1. The lowest BCUT2D eigenvalue weighted by atomic mass is 10.1. The summed E-state index contributed by atoms with van der Waals surface area (Å²) in [4.78, 5) is 51.0. The van der Waals surface area contributed by atoms with E-state index < -0.39 is 17.7 Å². The van der Waals surface area contributed by atoms with Crippen LogP contribution in [-0.4, -0.2) is 29.4 Å². The molecule has 0 unspecified atom stereocenters. The van der Waals surface area contributed by atoms with Gasteiger partial charge in [-0.2, -0.15) is 0 Å². The fourth-order valence-corrected chi connectivity index (χ4v) is 4.64. The third-order valence-corrected chi connectivity index (χ3v) is 7.00. The van der Waals surface area contributed by atoms with Crippen molar-refractivity contribution in [3.8, 4) is 0 Å². The zero-order valence-electron chi connectivity index (χ0n) is 21.6. The van der Waals surface area contributed by atoms with E-state index in [0.29, 0.717) is 32.4 Å². The maximum Gasteiger partial charge on any atom is 0.272 e. The number of para-hydroxylation sites is 1. The number of amides is 4. The molecule has 0 aliphatic rings. The first-order chi connectivity index (χ1) is 19.8. The first kappa shape index (κ1) is 29.1. The monoisotopic (exact) mass is 584 g/mol. The van der Waals surface area contributed by atoms with Gasteiger partial charge in [0.25, 0.3) is 17.7 Å². The maximum absolute atomic E-state index is 13.3. The van der Waals surface area contributed by atoms with Gasteiger partial charge >= 0.3 is 0 Å². The van der Waals surface area contributed by atoms with Crippen LogP contribution in [0.25, 0.3) is 6.08 Å². The zero-order chi connectivity index (χ0) is 29.2. The van der Waals surface area contributed by atoms with Gasteiger partial charge in [-0.1, -0.05) is 66.2 Å². The predicted molar refractivity (Wildman–Crippen MR) is 163 cm³/mol. The molecule has 4 rings (SSSR count). The Morgan fingerprint density at radius 2 is 1.51 bits per heavy atom. The van der Waals surface area contributed by atoms with Crippen molar-refractivity contribution in [3.63, 3.8) is 0 Å². The van der Waals surface area contributed by atoms with Gasteiger partial charge in [-0.25, -0.2) is 0 Å². The molecule has 0 heterocycles. The number of hydrogen-bond acceptors (Lipinski definition) is 5. The second-order valence-electron chi connectivity index (χ2n) is 8.63. The second-order valence-corrected chi connectivity index (χ2v) is 10.1. The van der Waals surface area contributed by atoms with Gasteiger partial charge in [0, 0.05) is 21.2 Å². The molecule has 0 atom stereocenters. The molecular weight excluding hydrogens is 560 g/mol. The average molecular weight is 585 g/mol. The third kappa shape index (κ3) is 8.31. The molecule has 0 radical (unpaired) electrons. The molecule has 0 aromatic heterocycles. The van der Waals surface area contributed by atoms with Gasteiger partial charge in [0.05, 0.1) is 17.0 Å². The molecular formula is C31H25ClN4O4S. The van der Waals surface area contributed by atoms with Gasteiger partial charge in [0.15, 0.2) is 0 Å². The molecule has 0 aliphatic heterocycles. The number of anilines is 2. The molecule has 4 amide bonds. The number of nitrogens with two attached hydrogens (primary N) is 1. The molecule has 0 saturated carbocycles. The number of benzene rings is 4. The summed E-state index contributed by atoms with van der Waals surface area (Å²) in [5, 5.41) is 8.59. The topological polar surface area (TPSA) is 130 Å². The van der Waals surface area contributed by atoms with Crippen LogP contribution in [0.2, 0.25) is 5.02 Å². The fourth-order valence-electron chi connectivity index (χ4n) is 3.69. The predicted octanol–water partition coefficient (Wildman–Crippen LogP) is 5.58. The fraction of sp³-hybridized carbons (Fsp3) is 0.0323. The molecule has 10 heteroatoms. The summed E-state index contributed by atoms with van der Waals surface area (Å²) in [5.41, 5.74) is 7.33. The van der Waals surface area contributed by atoms with Crippen molar-refractivity contribution in [1.29, 1.82) is 0 Å². The van der Waals surface area contributed by atoms with Crippen molar-refractivity contribution < 1.29 is 19.2 Å². The van der Waals surface area contributed by atoms with Crippen molar-refractivity contribution in [3.05, 3.63) is 131 Å². The van der Waals surface area contributed by atoms with E-state index in [-0.39, 0.29) is 22.9 Å². The molecule has 0 bridgehead atoms. The molecule has 0 saturated heterocycles. The molecule has 0 spiro atoms. The first-order valence-corrected chi connectivity index (χ1v) is 13.7. The van der Waals surface area contributed by atoms with E-state index in [1.807, 2.05) is 0 Å². The largest absolute Gasteiger partial charge is 0.366 e. The van der Waals surface area contributed by atoms with Crippen molar-refractivity contribution in [1.82, 2.24) is 5.32 Å². The molecule has 206 valence electrons. The van der Waals surface area contributed by atoms with E-state index in [0.717, 1.165) is 0 Å². The van der Waals surface area contributed by atoms with E-state index in [2.05, 4.69) is 16.0 Å². The van der Waals surface area contributed by atoms with E-state index in [4.69, 9.17) is 17.3 Å². The first-order valence-electron chi connectivity index (χ1n) is 12.4. The Labute approximate surface area is 246 Å². The van der Waals surface area contributed by atoms with Crippen LogP contribution in [0.5, 0.6) is 0 Å². The number of halogens is 1. The van der Waals surface area contributed by atoms with Gasteiger partial charge in [0.2, 0.25) is 5.91 Å². The highest BCUT2D eigenvalue weighted by Gasteiger charge is 2.16. The number of carbonyl (C=O) groups excluding carboxylic acids is 4. The number of carbonyl (C=O) groups is 4. The smallest absolute Gasteiger partial charge is 0.272 e. The van der Waals surface area contributed by atoms with Gasteiger partial charge in [-0.3, -0.25) is 19.2 Å². The number of thioether (sulfide) groups is 1. The summed E-state index contributed by atoms with van der Waals surface area (Å²) in [6.45, 7) is 0. The van der Waals surface area contributed by atoms with Crippen LogP contribution < -0.4 is 21.7 Å². The van der Waals surface area contributed by atoms with E-state index in [1.54, 1.807) is 97.1 Å². The molecule has 41 heavy (non-hydrogen) atoms. The molecule has 0 fully saturated rings. The highest BCUT2D eigenvalue weighted by Crippen LogP contribution is 2.24. The van der Waals surface area contributed by atoms with Crippen molar-refractivity contribution in [2.75, 3.05) is 16.4 Å². The van der Waals surface area contributed by atoms with Crippen LogP contribution in [0.4, 0.5) is 11.4 Å². The van der Waals surface area contributed by atoms with Gasteiger partial charge < -0.3 is 21.7 Å². The normalized spacial score (nSPS) is 10.9. The van der Waals surface area contributed by atoms with Gasteiger partial charge in [0.1, 0.15) is 5.70 Å². The minimum Gasteiger partial charge on any atom is -0.366 e. The molecule has 5 N–H and O–H groups in total. The Hall–Kier alpha value is -4.86. The van der Waals surface area contributed by atoms with Crippen LogP contribution in [0.1, 0.15) is 26.3 Å². The van der Waals surface area contributed by atoms with E-state index >= 15 is 0 Å². The summed E-state index contributed by atoms with van der Waals surface area (Å²) in [7, 11) is 0. The lowest BCUT2D eigenvalue weighted by molar-refractivity contribution is -0.114. The minimum absolute atomic E-state index is 0.00231. The Balaban J connectivity index is 1.46. The standard InChI is InChI=1S/C31H25ClN4O4S/c32-25-15-6-4-11-21(25)17-27(36-30(39)20-9-2-1-3-10-20)31(40)34-22-12-8-13-23(18-22)41-19-28(37)35-26-16-7-5-14-24(26)29(33)38/h1-18H,19H2,(H2,33,38)(H,34,40)(H,35,37)(H,36,39)/b27-17+. The Bertz CT molecular complexity index is 1630. The maximum atomic E-state index is 13.3. The summed E-state index contributed by atoms with van der Waals surface area (Å²) in [6.07, 6.45) is 1.51. The van der Waals surface area contributed by atoms with Gasteiger partial charge in [-0.05, 0) is 60.2 Å². The zero-order valence-corrected chi connectivity index (χ0v) is 23.2. The third-order valence-electron chi connectivity index (χ3n) is 5.66. The van der Waals surface area contributed by atoms with Crippen LogP contribution in [-0.2, 0) is 9.59 Å². The van der Waals surface area contributed by atoms with Crippen LogP contribution >= 0.6 is 23.4 Å². The van der Waals surface area contributed by atoms with Crippen LogP contribution in [0.3, 0.4) is 0 Å². The Morgan fingerprint density at radius 1 is 0.805 bits per heavy atom.